The van der Waals surface area contributed by atoms with Crippen LogP contribution < -0.4 is 37.2 Å². The van der Waals surface area contributed by atoms with Gasteiger partial charge >= 0.3 is 19.5 Å². The van der Waals surface area contributed by atoms with Gasteiger partial charge in [-0.05, 0) is 51.4 Å². The Morgan fingerprint density at radius 1 is 0.300 bits per heavy atom. The summed E-state index contributed by atoms with van der Waals surface area (Å²) in [5, 5.41) is 0. The molecule has 0 heterocycles. The van der Waals surface area contributed by atoms with Crippen LogP contribution in [0.1, 0.15) is 51.4 Å². The van der Waals surface area contributed by atoms with Crippen molar-refractivity contribution in [2.45, 2.75) is 51.4 Å². The van der Waals surface area contributed by atoms with Crippen LogP contribution in [0.2, 0.25) is 0 Å². The quantitative estimate of drug-likeness (QED) is 0.279. The fourth-order valence-electron chi connectivity index (χ4n) is 1.71. The maximum absolute atomic E-state index is 2.27. The maximum Gasteiger partial charge on any atom is 3.00 e. The van der Waals surface area contributed by atoms with Gasteiger partial charge < -0.3 is 37.2 Å². The molecule has 0 aliphatic heterocycles. The third kappa shape index (κ3) is 20.8. The van der Waals surface area contributed by atoms with Crippen LogP contribution in [0.5, 0.6) is 0 Å². The van der Waals surface area contributed by atoms with E-state index in [0.717, 1.165) is 0 Å². The van der Waals surface area contributed by atoms with Crippen molar-refractivity contribution in [2.75, 3.05) is 0 Å². The van der Waals surface area contributed by atoms with Crippen LogP contribution in [0.15, 0.2) is 48.6 Å². The normalized spacial score (nSPS) is 16.0. The summed E-state index contributed by atoms with van der Waals surface area (Å²) in [6, 6.07) is 0. The number of halogens is 3. The van der Waals surface area contributed by atoms with Gasteiger partial charge in [0, 0.05) is 0 Å². The zero-order valence-corrected chi connectivity index (χ0v) is 15.8. The molecule has 0 bridgehead atoms. The Hall–Kier alpha value is 0.453. The first-order valence-corrected chi connectivity index (χ1v) is 6.60. The van der Waals surface area contributed by atoms with Gasteiger partial charge in [0.15, 0.2) is 0 Å². The molecule has 117 valence electrons. The molecule has 1 radical (unpaired) electrons. The molecule has 0 aromatic carbocycles. The predicted molar refractivity (Wildman–Crippen MR) is 73.5 cm³/mol. The summed E-state index contributed by atoms with van der Waals surface area (Å²) in [6.45, 7) is 0. The van der Waals surface area contributed by atoms with Crippen LogP contribution in [0.25, 0.3) is 0 Å². The Labute approximate surface area is 156 Å². The predicted octanol–water partition coefficient (Wildman–Crippen LogP) is -3.64. The van der Waals surface area contributed by atoms with Gasteiger partial charge in [0.2, 0.25) is 0 Å². The molecular formula is C16H24Cl3Ru. The van der Waals surface area contributed by atoms with E-state index in [-0.39, 0.29) is 56.7 Å². The zero-order chi connectivity index (χ0) is 11.3. The van der Waals surface area contributed by atoms with Gasteiger partial charge in [-0.25, -0.2) is 0 Å². The smallest absolute Gasteiger partial charge is 1.00 e. The minimum atomic E-state index is 0. The summed E-state index contributed by atoms with van der Waals surface area (Å²) in [5.74, 6) is 0. The van der Waals surface area contributed by atoms with Gasteiger partial charge in [-0.1, -0.05) is 48.6 Å². The first-order chi connectivity index (χ1) is 8.00. The van der Waals surface area contributed by atoms with Gasteiger partial charge in [-0.3, -0.25) is 0 Å². The molecule has 20 heavy (non-hydrogen) atoms. The number of hydrogen-bond donors (Lipinski definition) is 0. The molecule has 0 fully saturated rings. The van der Waals surface area contributed by atoms with E-state index >= 15 is 0 Å². The fourth-order valence-corrected chi connectivity index (χ4v) is 1.71. The van der Waals surface area contributed by atoms with Gasteiger partial charge in [0.25, 0.3) is 0 Å². The maximum atomic E-state index is 2.27. The van der Waals surface area contributed by atoms with E-state index in [4.69, 9.17) is 0 Å². The van der Waals surface area contributed by atoms with Crippen molar-refractivity contribution in [1.29, 1.82) is 0 Å². The molecule has 0 atom stereocenters. The number of allylic oxidation sites excluding steroid dienone is 8. The van der Waals surface area contributed by atoms with Crippen LogP contribution in [-0.4, -0.2) is 0 Å². The van der Waals surface area contributed by atoms with E-state index in [2.05, 4.69) is 48.6 Å². The third-order valence-corrected chi connectivity index (χ3v) is 2.67. The first kappa shape index (κ1) is 28.6. The Morgan fingerprint density at radius 2 is 0.400 bits per heavy atom. The van der Waals surface area contributed by atoms with Crippen molar-refractivity contribution in [3.63, 3.8) is 0 Å². The second-order valence-electron chi connectivity index (χ2n) is 4.20. The van der Waals surface area contributed by atoms with E-state index in [1.54, 1.807) is 0 Å². The molecule has 0 nitrogen and oxygen atoms in total. The minimum Gasteiger partial charge on any atom is -1.00 e. The summed E-state index contributed by atoms with van der Waals surface area (Å²) in [4.78, 5) is 0. The molecule has 0 spiro atoms. The topological polar surface area (TPSA) is 0 Å². The SMILES string of the molecule is C1=CCCC=CCC1.C1=CCCC=CCC1.[Cl-].[Cl-].[Cl-].[Ru+3]. The monoisotopic (exact) mass is 423 g/mol. The first-order valence-electron chi connectivity index (χ1n) is 6.60. The van der Waals surface area contributed by atoms with Crippen LogP contribution in [-0.2, 0) is 19.5 Å². The average Bonchev–Trinajstić information content (AvgIpc) is 2.15. The van der Waals surface area contributed by atoms with E-state index in [1.165, 1.54) is 51.4 Å². The van der Waals surface area contributed by atoms with Gasteiger partial charge in [-0.2, -0.15) is 0 Å². The molecule has 0 unspecified atom stereocenters. The molecule has 2 aliphatic rings. The van der Waals surface area contributed by atoms with Crippen molar-refractivity contribution in [3.8, 4) is 0 Å². The molecule has 0 N–H and O–H groups in total. The second-order valence-corrected chi connectivity index (χ2v) is 4.20. The molecular weight excluding hydrogens is 400 g/mol. The Balaban J connectivity index is -0.000000107. The van der Waals surface area contributed by atoms with Gasteiger partial charge in [0.05, 0.1) is 0 Å². The van der Waals surface area contributed by atoms with Crippen molar-refractivity contribution < 1.29 is 56.7 Å². The molecule has 0 amide bonds. The summed E-state index contributed by atoms with van der Waals surface area (Å²) in [7, 11) is 0. The molecule has 0 saturated heterocycles. The van der Waals surface area contributed by atoms with E-state index in [0.29, 0.717) is 0 Å². The van der Waals surface area contributed by atoms with E-state index < -0.39 is 0 Å². The van der Waals surface area contributed by atoms with Crippen LogP contribution in [0.3, 0.4) is 0 Å². The van der Waals surface area contributed by atoms with Gasteiger partial charge in [-0.15, -0.1) is 0 Å². The molecule has 0 aromatic heterocycles. The Morgan fingerprint density at radius 3 is 0.500 bits per heavy atom. The number of rotatable bonds is 0. The van der Waals surface area contributed by atoms with E-state index in [9.17, 15) is 0 Å². The average molecular weight is 424 g/mol. The summed E-state index contributed by atoms with van der Waals surface area (Å²) >= 11 is 0. The van der Waals surface area contributed by atoms with Gasteiger partial charge in [0.1, 0.15) is 0 Å². The minimum absolute atomic E-state index is 0. The second kappa shape index (κ2) is 24.5. The van der Waals surface area contributed by atoms with Crippen molar-refractivity contribution in [1.82, 2.24) is 0 Å². The van der Waals surface area contributed by atoms with Crippen LogP contribution in [0, 0.1) is 0 Å². The molecule has 0 aromatic rings. The summed E-state index contributed by atoms with van der Waals surface area (Å²) < 4.78 is 0. The molecule has 0 saturated carbocycles. The van der Waals surface area contributed by atoms with Crippen LogP contribution >= 0.6 is 0 Å². The van der Waals surface area contributed by atoms with Crippen molar-refractivity contribution in [2.24, 2.45) is 0 Å². The largest absolute Gasteiger partial charge is 3.00 e. The Kier molecular flexibility index (Phi) is 35.0. The molecule has 2 rings (SSSR count). The zero-order valence-electron chi connectivity index (χ0n) is 11.8. The molecule has 4 heteroatoms. The van der Waals surface area contributed by atoms with Crippen molar-refractivity contribution in [3.05, 3.63) is 48.6 Å². The molecule has 2 aliphatic carbocycles. The fraction of sp³-hybridized carbons (Fsp3) is 0.500. The Bertz CT molecular complexity index is 191. The third-order valence-electron chi connectivity index (χ3n) is 2.67. The van der Waals surface area contributed by atoms with Crippen LogP contribution in [0.4, 0.5) is 0 Å². The number of hydrogen-bond acceptors (Lipinski definition) is 0. The summed E-state index contributed by atoms with van der Waals surface area (Å²) in [6.07, 6.45) is 28.0. The summed E-state index contributed by atoms with van der Waals surface area (Å²) in [5.41, 5.74) is 0. The van der Waals surface area contributed by atoms with Crippen molar-refractivity contribution >= 4 is 0 Å². The van der Waals surface area contributed by atoms with E-state index in [1.807, 2.05) is 0 Å². The standard InChI is InChI=1S/2C8H12.3ClH.Ru/c2*1-2-4-6-8-7-5-3-1;;;;/h2*1-2,7-8H,3-6H2;3*1H;/q;;;;;+3/p-3.